The van der Waals surface area contributed by atoms with Crippen LogP contribution in [0.4, 0.5) is 4.39 Å². The number of benzene rings is 1. The number of rotatable bonds is 3. The number of amides is 1. The van der Waals surface area contributed by atoms with Crippen LogP contribution in [0.15, 0.2) is 18.2 Å². The highest BCUT2D eigenvalue weighted by Gasteiger charge is 2.21. The summed E-state index contributed by atoms with van der Waals surface area (Å²) >= 11 is 0. The molecule has 88 valence electrons. The maximum Gasteiger partial charge on any atom is 0.254 e. The van der Waals surface area contributed by atoms with Crippen LogP contribution in [-0.2, 0) is 0 Å². The summed E-state index contributed by atoms with van der Waals surface area (Å²) in [4.78, 5) is 11.7. The Bertz CT molecular complexity index is 405. The van der Waals surface area contributed by atoms with E-state index in [9.17, 15) is 9.18 Å². The number of aromatic hydroxyl groups is 1. The molecule has 0 aromatic heterocycles. The molecule has 5 heteroatoms. The molecule has 0 aliphatic rings. The van der Waals surface area contributed by atoms with Crippen molar-refractivity contribution < 1.29 is 14.3 Å². The summed E-state index contributed by atoms with van der Waals surface area (Å²) in [5, 5.41) is 11.6. The molecule has 0 spiro atoms. The molecule has 1 rings (SSSR count). The Kier molecular flexibility index (Phi) is 3.49. The Morgan fingerprint density at radius 2 is 2.19 bits per heavy atom. The van der Waals surface area contributed by atoms with Gasteiger partial charge in [-0.25, -0.2) is 4.39 Å². The number of halogens is 1. The molecule has 0 bridgehead atoms. The molecule has 0 fully saturated rings. The topological polar surface area (TPSA) is 75.3 Å². The van der Waals surface area contributed by atoms with Crippen molar-refractivity contribution in [1.29, 1.82) is 0 Å². The molecule has 4 nitrogen and oxygen atoms in total. The van der Waals surface area contributed by atoms with E-state index in [-0.39, 0.29) is 17.9 Å². The van der Waals surface area contributed by atoms with Crippen LogP contribution in [0, 0.1) is 5.82 Å². The third kappa shape index (κ3) is 2.93. The van der Waals surface area contributed by atoms with Gasteiger partial charge in [-0.1, -0.05) is 0 Å². The third-order valence-electron chi connectivity index (χ3n) is 2.16. The van der Waals surface area contributed by atoms with Gasteiger partial charge in [-0.2, -0.15) is 0 Å². The van der Waals surface area contributed by atoms with E-state index in [1.165, 1.54) is 12.1 Å². The van der Waals surface area contributed by atoms with E-state index in [0.717, 1.165) is 6.07 Å². The zero-order valence-corrected chi connectivity index (χ0v) is 9.25. The van der Waals surface area contributed by atoms with Gasteiger partial charge in [-0.05, 0) is 26.0 Å². The minimum atomic E-state index is -0.759. The van der Waals surface area contributed by atoms with Crippen molar-refractivity contribution in [2.24, 2.45) is 5.73 Å². The fourth-order valence-corrected chi connectivity index (χ4v) is 1.11. The van der Waals surface area contributed by atoms with Crippen LogP contribution >= 0.6 is 0 Å². The third-order valence-corrected chi connectivity index (χ3v) is 2.16. The van der Waals surface area contributed by atoms with Crippen LogP contribution in [0.5, 0.6) is 5.75 Å². The number of carbonyl (C=O) groups excluding carboxylic acids is 1. The van der Waals surface area contributed by atoms with Gasteiger partial charge >= 0.3 is 0 Å². The number of hydrogen-bond donors (Lipinski definition) is 3. The second-order valence-electron chi connectivity index (χ2n) is 4.21. The zero-order chi connectivity index (χ0) is 12.3. The number of phenolic OH excluding ortho intramolecular Hbond substituents is 1. The van der Waals surface area contributed by atoms with Crippen LogP contribution in [0.2, 0.25) is 0 Å². The summed E-state index contributed by atoms with van der Waals surface area (Å²) in [5.41, 5.74) is 4.74. The van der Waals surface area contributed by atoms with Gasteiger partial charge in [0.15, 0.2) is 0 Å². The number of carbonyl (C=O) groups is 1. The van der Waals surface area contributed by atoms with E-state index in [1.54, 1.807) is 13.8 Å². The summed E-state index contributed by atoms with van der Waals surface area (Å²) in [6, 6.07) is 3.38. The Hall–Kier alpha value is -1.62. The molecule has 1 aromatic rings. The SMILES string of the molecule is CC(C)(CN)NC(=O)c1ccc(O)cc1F. The van der Waals surface area contributed by atoms with Crippen molar-refractivity contribution in [3.8, 4) is 5.75 Å². The van der Waals surface area contributed by atoms with Crippen LogP contribution in [0.25, 0.3) is 0 Å². The van der Waals surface area contributed by atoms with Gasteiger partial charge in [-0.15, -0.1) is 0 Å². The average molecular weight is 226 g/mol. The van der Waals surface area contributed by atoms with E-state index < -0.39 is 17.3 Å². The van der Waals surface area contributed by atoms with Gasteiger partial charge in [0.1, 0.15) is 11.6 Å². The number of hydrogen-bond acceptors (Lipinski definition) is 3. The monoisotopic (exact) mass is 226 g/mol. The summed E-state index contributed by atoms with van der Waals surface area (Å²) < 4.78 is 13.3. The maximum atomic E-state index is 13.3. The molecule has 0 saturated heterocycles. The average Bonchev–Trinajstić information content (AvgIpc) is 2.16. The van der Waals surface area contributed by atoms with Crippen LogP contribution < -0.4 is 11.1 Å². The molecule has 0 aliphatic carbocycles. The van der Waals surface area contributed by atoms with E-state index in [4.69, 9.17) is 10.8 Å². The summed E-state index contributed by atoms with van der Waals surface area (Å²) in [6.07, 6.45) is 0. The largest absolute Gasteiger partial charge is 0.508 e. The highest BCUT2D eigenvalue weighted by molar-refractivity contribution is 5.95. The number of phenols is 1. The van der Waals surface area contributed by atoms with Gasteiger partial charge < -0.3 is 16.2 Å². The van der Waals surface area contributed by atoms with Crippen molar-refractivity contribution in [3.05, 3.63) is 29.6 Å². The molecule has 0 unspecified atom stereocenters. The second-order valence-corrected chi connectivity index (χ2v) is 4.21. The highest BCUT2D eigenvalue weighted by Crippen LogP contribution is 2.15. The molecule has 16 heavy (non-hydrogen) atoms. The molecular weight excluding hydrogens is 211 g/mol. The molecule has 0 heterocycles. The van der Waals surface area contributed by atoms with E-state index in [2.05, 4.69) is 5.32 Å². The lowest BCUT2D eigenvalue weighted by Crippen LogP contribution is -2.49. The number of nitrogens with two attached hydrogens (primary N) is 1. The van der Waals surface area contributed by atoms with Crippen LogP contribution in [-0.4, -0.2) is 23.1 Å². The predicted octanol–water partition coefficient (Wildman–Crippen LogP) is 0.998. The first-order chi connectivity index (χ1) is 7.35. The second kappa shape index (κ2) is 4.49. The van der Waals surface area contributed by atoms with Gasteiger partial charge in [-0.3, -0.25) is 4.79 Å². The van der Waals surface area contributed by atoms with Crippen LogP contribution in [0.3, 0.4) is 0 Å². The van der Waals surface area contributed by atoms with Crippen LogP contribution in [0.1, 0.15) is 24.2 Å². The van der Waals surface area contributed by atoms with Crippen molar-refractivity contribution in [2.45, 2.75) is 19.4 Å². The molecule has 1 aromatic carbocycles. The van der Waals surface area contributed by atoms with E-state index >= 15 is 0 Å². The highest BCUT2D eigenvalue weighted by atomic mass is 19.1. The first kappa shape index (κ1) is 12.4. The van der Waals surface area contributed by atoms with Crippen molar-refractivity contribution in [1.82, 2.24) is 5.32 Å². The van der Waals surface area contributed by atoms with Gasteiger partial charge in [0.25, 0.3) is 5.91 Å². The standard InChI is InChI=1S/C11H15FN2O2/c1-11(2,6-13)14-10(16)8-4-3-7(15)5-9(8)12/h3-5,15H,6,13H2,1-2H3,(H,14,16). The Labute approximate surface area is 93.3 Å². The molecule has 0 radical (unpaired) electrons. The normalized spacial score (nSPS) is 11.2. The first-order valence-electron chi connectivity index (χ1n) is 4.87. The minimum absolute atomic E-state index is 0.112. The van der Waals surface area contributed by atoms with E-state index in [0.29, 0.717) is 0 Å². The van der Waals surface area contributed by atoms with Gasteiger partial charge in [0.05, 0.1) is 5.56 Å². The molecule has 4 N–H and O–H groups in total. The van der Waals surface area contributed by atoms with Gasteiger partial charge in [0, 0.05) is 18.2 Å². The lowest BCUT2D eigenvalue weighted by atomic mass is 10.1. The van der Waals surface area contributed by atoms with Crippen molar-refractivity contribution >= 4 is 5.91 Å². The Balaban J connectivity index is 2.89. The van der Waals surface area contributed by atoms with Crippen molar-refractivity contribution in [3.63, 3.8) is 0 Å². The molecule has 1 amide bonds. The van der Waals surface area contributed by atoms with E-state index in [1.807, 2.05) is 0 Å². The Morgan fingerprint density at radius 1 is 1.56 bits per heavy atom. The minimum Gasteiger partial charge on any atom is -0.508 e. The lowest BCUT2D eigenvalue weighted by molar-refractivity contribution is 0.0911. The quantitative estimate of drug-likeness (QED) is 0.719. The number of nitrogens with one attached hydrogen (secondary N) is 1. The predicted molar refractivity (Wildman–Crippen MR) is 58.7 cm³/mol. The zero-order valence-electron chi connectivity index (χ0n) is 9.25. The molecule has 0 aliphatic heterocycles. The summed E-state index contributed by atoms with van der Waals surface area (Å²) in [7, 11) is 0. The molecular formula is C11H15FN2O2. The first-order valence-corrected chi connectivity index (χ1v) is 4.87. The van der Waals surface area contributed by atoms with Gasteiger partial charge in [0.2, 0.25) is 0 Å². The lowest BCUT2D eigenvalue weighted by Gasteiger charge is -2.24. The van der Waals surface area contributed by atoms with Crippen molar-refractivity contribution in [2.75, 3.05) is 6.54 Å². The smallest absolute Gasteiger partial charge is 0.254 e. The maximum absolute atomic E-state index is 13.3. The Morgan fingerprint density at radius 3 is 2.69 bits per heavy atom. The molecule has 0 saturated carbocycles. The summed E-state index contributed by atoms with van der Waals surface area (Å²) in [6.45, 7) is 3.73. The molecule has 0 atom stereocenters. The fraction of sp³-hybridized carbons (Fsp3) is 0.364. The summed E-state index contributed by atoms with van der Waals surface area (Å²) in [5.74, 6) is -1.52. The fourth-order valence-electron chi connectivity index (χ4n) is 1.11.